The molecule has 38 heavy (non-hydrogen) atoms. The van der Waals surface area contributed by atoms with E-state index in [4.69, 9.17) is 0 Å². The van der Waals surface area contributed by atoms with Gasteiger partial charge < -0.3 is 14.8 Å². The molecule has 194 valence electrons. The van der Waals surface area contributed by atoms with Crippen molar-refractivity contribution in [3.8, 4) is 0 Å². The van der Waals surface area contributed by atoms with Crippen LogP contribution in [-0.4, -0.2) is 29.2 Å². The van der Waals surface area contributed by atoms with Crippen molar-refractivity contribution in [2.75, 3.05) is 23.3 Å². The number of piperidine rings is 1. The van der Waals surface area contributed by atoms with Crippen LogP contribution >= 0.6 is 0 Å². The molecule has 0 unspecified atom stereocenters. The normalized spacial score (nSPS) is 13.9. The van der Waals surface area contributed by atoms with E-state index in [0.29, 0.717) is 12.8 Å². The van der Waals surface area contributed by atoms with Gasteiger partial charge in [-0.3, -0.25) is 9.59 Å². The molecular weight excluding hydrogens is 470 g/mol. The average molecular weight is 506 g/mol. The summed E-state index contributed by atoms with van der Waals surface area (Å²) in [6, 6.07) is 27.7. The summed E-state index contributed by atoms with van der Waals surface area (Å²) in [5, 5.41) is 3.39. The Morgan fingerprint density at radius 1 is 0.763 bits per heavy atom. The summed E-state index contributed by atoms with van der Waals surface area (Å²) in [7, 11) is 1.88. The molecule has 5 nitrogen and oxygen atoms in total. The zero-order valence-electron chi connectivity index (χ0n) is 22.2. The number of hydrogen-bond donors (Lipinski definition) is 1. The van der Waals surface area contributed by atoms with Crippen LogP contribution in [0.1, 0.15) is 51.7 Å². The maximum Gasteiger partial charge on any atom is 0.183 e. The molecule has 1 aliphatic heterocycles. The van der Waals surface area contributed by atoms with E-state index >= 15 is 0 Å². The molecule has 4 aromatic rings. The summed E-state index contributed by atoms with van der Waals surface area (Å²) in [6.45, 7) is 4.50. The van der Waals surface area contributed by atoms with Crippen LogP contribution in [0.5, 0.6) is 0 Å². The molecule has 0 aliphatic carbocycles. The van der Waals surface area contributed by atoms with Crippen LogP contribution in [0.3, 0.4) is 0 Å². The maximum atomic E-state index is 12.9. The Morgan fingerprint density at radius 2 is 1.32 bits per heavy atom. The number of aryl methyl sites for hydroxylation is 1. The van der Waals surface area contributed by atoms with Gasteiger partial charge in [0.25, 0.3) is 0 Å². The van der Waals surface area contributed by atoms with Crippen molar-refractivity contribution < 1.29 is 9.59 Å². The second-order valence-corrected chi connectivity index (χ2v) is 10.4. The summed E-state index contributed by atoms with van der Waals surface area (Å²) in [6.07, 6.45) is 5.10. The molecule has 0 radical (unpaired) electrons. The van der Waals surface area contributed by atoms with Gasteiger partial charge in [0.05, 0.1) is 5.69 Å². The monoisotopic (exact) mass is 505 g/mol. The third kappa shape index (κ3) is 6.23. The minimum Gasteiger partial charge on any atom is -0.372 e. The number of carbonyl (C=O) groups is 2. The van der Waals surface area contributed by atoms with Crippen LogP contribution in [0.15, 0.2) is 91.1 Å². The Labute approximate surface area is 225 Å². The smallest absolute Gasteiger partial charge is 0.183 e. The molecule has 0 amide bonds. The van der Waals surface area contributed by atoms with E-state index < -0.39 is 0 Å². The van der Waals surface area contributed by atoms with E-state index in [1.165, 1.54) is 18.5 Å². The van der Waals surface area contributed by atoms with Crippen LogP contribution < -0.4 is 10.2 Å². The lowest BCUT2D eigenvalue weighted by molar-refractivity contribution is 0.0980. The first-order chi connectivity index (χ1) is 18.4. The van der Waals surface area contributed by atoms with Gasteiger partial charge in [0, 0.05) is 61.8 Å². The summed E-state index contributed by atoms with van der Waals surface area (Å²) in [4.78, 5) is 27.8. The molecule has 0 spiro atoms. The Hall–Kier alpha value is -4.12. The van der Waals surface area contributed by atoms with Gasteiger partial charge in [0.15, 0.2) is 11.6 Å². The highest BCUT2D eigenvalue weighted by atomic mass is 16.1. The Morgan fingerprint density at radius 3 is 1.84 bits per heavy atom. The molecule has 0 saturated carbocycles. The van der Waals surface area contributed by atoms with Gasteiger partial charge in [-0.15, -0.1) is 0 Å². The van der Waals surface area contributed by atoms with Crippen molar-refractivity contribution in [1.82, 2.24) is 4.57 Å². The minimum absolute atomic E-state index is 0.107. The molecule has 5 heteroatoms. The minimum atomic E-state index is 0.107. The average Bonchev–Trinajstić information content (AvgIpc) is 3.37. The van der Waals surface area contributed by atoms with E-state index in [9.17, 15) is 9.59 Å². The number of aromatic nitrogens is 1. The van der Waals surface area contributed by atoms with E-state index in [-0.39, 0.29) is 11.6 Å². The molecule has 1 N–H and O–H groups in total. The largest absolute Gasteiger partial charge is 0.372 e. The van der Waals surface area contributed by atoms with E-state index in [1.807, 2.05) is 90.6 Å². The topological polar surface area (TPSA) is 54.3 Å². The highest BCUT2D eigenvalue weighted by Gasteiger charge is 2.16. The molecule has 1 saturated heterocycles. The number of Topliss-reactive ketones (excluding diaryl/α,β-unsaturated/α-hetero) is 2. The highest BCUT2D eigenvalue weighted by Crippen LogP contribution is 2.24. The maximum absolute atomic E-state index is 12.9. The van der Waals surface area contributed by atoms with Crippen LogP contribution in [-0.2, 0) is 19.9 Å². The van der Waals surface area contributed by atoms with Gasteiger partial charge in [-0.1, -0.05) is 31.2 Å². The van der Waals surface area contributed by atoms with Crippen molar-refractivity contribution in [1.29, 1.82) is 0 Å². The van der Waals surface area contributed by atoms with Crippen LogP contribution in [0.25, 0.3) is 0 Å². The molecule has 1 aliphatic rings. The number of carbonyl (C=O) groups excluding carboxylic acids is 2. The number of nitrogens with zero attached hydrogens (tertiary/aromatic N) is 2. The Bertz CT molecular complexity index is 1380. The Balaban J connectivity index is 1.13. The van der Waals surface area contributed by atoms with Crippen LogP contribution in [0.2, 0.25) is 0 Å². The molecule has 2 heterocycles. The number of nitrogens with one attached hydrogen (secondary N) is 1. The molecule has 1 aromatic heterocycles. The van der Waals surface area contributed by atoms with Gasteiger partial charge in [0.1, 0.15) is 0 Å². The number of hydrogen-bond acceptors (Lipinski definition) is 4. The molecular formula is C33H35N3O2. The van der Waals surface area contributed by atoms with Gasteiger partial charge in [-0.2, -0.15) is 0 Å². The van der Waals surface area contributed by atoms with E-state index in [1.54, 1.807) is 0 Å². The van der Waals surface area contributed by atoms with E-state index in [2.05, 4.69) is 29.3 Å². The lowest BCUT2D eigenvalue weighted by Gasteiger charge is -2.32. The zero-order valence-corrected chi connectivity index (χ0v) is 22.2. The predicted octanol–water partition coefficient (Wildman–Crippen LogP) is 6.86. The van der Waals surface area contributed by atoms with Gasteiger partial charge in [-0.25, -0.2) is 0 Å². The summed E-state index contributed by atoms with van der Waals surface area (Å²) in [5.41, 5.74) is 6.56. The summed E-state index contributed by atoms with van der Waals surface area (Å²) >= 11 is 0. The van der Waals surface area contributed by atoms with Gasteiger partial charge in [0.2, 0.25) is 0 Å². The fourth-order valence-corrected chi connectivity index (χ4v) is 5.02. The van der Waals surface area contributed by atoms with Crippen molar-refractivity contribution >= 4 is 28.6 Å². The summed E-state index contributed by atoms with van der Waals surface area (Å²) < 4.78 is 1.85. The SMILES string of the molecule is CC1CCN(c2ccc(C(=O)Cc3ccc(Nc4ccc(CC(=O)c5cccn5C)cc4)cc3)cc2)CC1. The van der Waals surface area contributed by atoms with E-state index in [0.717, 1.165) is 52.8 Å². The predicted molar refractivity (Wildman–Crippen MR) is 155 cm³/mol. The number of rotatable bonds is 9. The third-order valence-electron chi connectivity index (χ3n) is 7.49. The molecule has 3 aromatic carbocycles. The second-order valence-electron chi connectivity index (χ2n) is 10.4. The van der Waals surface area contributed by atoms with Crippen LogP contribution in [0, 0.1) is 5.92 Å². The number of ketones is 2. The fourth-order valence-electron chi connectivity index (χ4n) is 5.02. The first-order valence-corrected chi connectivity index (χ1v) is 13.4. The molecule has 0 bridgehead atoms. The molecule has 0 atom stereocenters. The number of benzene rings is 3. The standard InChI is InChI=1S/C33H35N3O2/c1-24-17-20-36(21-18-24)30-15-9-27(10-16-30)32(37)22-25-5-11-28(12-6-25)34-29-13-7-26(8-14-29)23-33(38)31-4-3-19-35(31)2/h3-16,19,24,34H,17-18,20-23H2,1-2H3. The molecule has 1 fully saturated rings. The third-order valence-corrected chi connectivity index (χ3v) is 7.49. The molecule has 5 rings (SSSR count). The quantitative estimate of drug-likeness (QED) is 0.253. The van der Waals surface area contributed by atoms with Gasteiger partial charge >= 0.3 is 0 Å². The first-order valence-electron chi connectivity index (χ1n) is 13.4. The van der Waals surface area contributed by atoms with Crippen molar-refractivity contribution in [2.45, 2.75) is 32.6 Å². The van der Waals surface area contributed by atoms with Crippen LogP contribution in [0.4, 0.5) is 17.1 Å². The first kappa shape index (κ1) is 25.5. The van der Waals surface area contributed by atoms with Crippen molar-refractivity contribution in [2.24, 2.45) is 13.0 Å². The van der Waals surface area contributed by atoms with Gasteiger partial charge in [-0.05, 0) is 90.6 Å². The highest BCUT2D eigenvalue weighted by molar-refractivity contribution is 5.98. The summed E-state index contributed by atoms with van der Waals surface area (Å²) in [5.74, 6) is 1.04. The van der Waals surface area contributed by atoms with Crippen molar-refractivity contribution in [3.63, 3.8) is 0 Å². The Kier molecular flexibility index (Phi) is 7.73. The zero-order chi connectivity index (χ0) is 26.5. The number of anilines is 3. The lowest BCUT2D eigenvalue weighted by atomic mass is 9.98. The van der Waals surface area contributed by atoms with Crippen molar-refractivity contribution in [3.05, 3.63) is 114 Å². The second kappa shape index (κ2) is 11.5. The lowest BCUT2D eigenvalue weighted by Crippen LogP contribution is -2.32. The fraction of sp³-hybridized carbons (Fsp3) is 0.273.